The van der Waals surface area contributed by atoms with E-state index in [0.29, 0.717) is 12.8 Å². The summed E-state index contributed by atoms with van der Waals surface area (Å²) < 4.78 is 31.4. The number of likely N-dealkylation sites (N-methyl/N-ethyl adjacent to an activating group) is 1. The Morgan fingerprint density at radius 1 is 1.09 bits per heavy atom. The molecule has 8 heteroatoms. The molecule has 14 atom stereocenters. The Kier molecular flexibility index (Phi) is 3.99. The molecule has 7 rings (SSSR count). The normalized spacial score (nSPS) is 65.7. The molecular weight excluding hydrogens is 414 g/mol. The SMILES string of the molecule is CCN1C[C@]23O[C@H]2C[C@H](O)[C@@]24[C@@H]5C[C@H]6[C@H](OC)[C@@H]5[C@](OC)(C[C@@H]6OC)[C@@](O)([C@@H](OC)[C@H]32)[C@@H]14. The molecule has 0 aromatic heterocycles. The number of ether oxygens (including phenoxy) is 5. The zero-order valence-electron chi connectivity index (χ0n) is 19.7. The number of hydrogen-bond acceptors (Lipinski definition) is 8. The second-order valence-corrected chi connectivity index (χ2v) is 11.5. The lowest BCUT2D eigenvalue weighted by Gasteiger charge is -2.68. The third-order valence-electron chi connectivity index (χ3n) is 11.5. The lowest BCUT2D eigenvalue weighted by atomic mass is 9.45. The Bertz CT molecular complexity index is 843. The minimum absolute atomic E-state index is 0.0309. The van der Waals surface area contributed by atoms with E-state index in [1.54, 1.807) is 28.4 Å². The molecule has 2 N–H and O–H groups in total. The van der Waals surface area contributed by atoms with E-state index in [-0.39, 0.29) is 53.6 Å². The number of methoxy groups -OCH3 is 4. The molecule has 2 aliphatic heterocycles. The molecule has 5 saturated carbocycles. The predicted molar refractivity (Wildman–Crippen MR) is 112 cm³/mol. The van der Waals surface area contributed by atoms with Crippen molar-refractivity contribution in [2.45, 2.75) is 79.6 Å². The Morgan fingerprint density at radius 3 is 2.50 bits per heavy atom. The molecule has 32 heavy (non-hydrogen) atoms. The van der Waals surface area contributed by atoms with Gasteiger partial charge in [0.1, 0.15) is 16.8 Å². The van der Waals surface area contributed by atoms with Crippen molar-refractivity contribution in [3.8, 4) is 0 Å². The quantitative estimate of drug-likeness (QED) is 0.566. The maximum absolute atomic E-state index is 13.1. The molecule has 2 saturated heterocycles. The summed E-state index contributed by atoms with van der Waals surface area (Å²) >= 11 is 0. The number of nitrogens with zero attached hydrogens (tertiary/aromatic N) is 1. The minimum Gasteiger partial charge on any atom is -0.392 e. The summed E-state index contributed by atoms with van der Waals surface area (Å²) in [6.45, 7) is 3.71. The van der Waals surface area contributed by atoms with Crippen molar-refractivity contribution in [2.24, 2.45) is 29.1 Å². The van der Waals surface area contributed by atoms with E-state index in [9.17, 15) is 10.2 Å². The zero-order chi connectivity index (χ0) is 22.4. The number of aliphatic hydroxyl groups excluding tert-OH is 1. The topological polar surface area (TPSA) is 93.2 Å². The van der Waals surface area contributed by atoms with Gasteiger partial charge in [-0.15, -0.1) is 0 Å². The van der Waals surface area contributed by atoms with Gasteiger partial charge in [0.15, 0.2) is 0 Å². The van der Waals surface area contributed by atoms with E-state index < -0.39 is 28.8 Å². The van der Waals surface area contributed by atoms with Crippen molar-refractivity contribution >= 4 is 0 Å². The highest BCUT2D eigenvalue weighted by molar-refractivity contribution is 5.44. The van der Waals surface area contributed by atoms with Gasteiger partial charge >= 0.3 is 0 Å². The number of piperidine rings is 1. The molecule has 8 nitrogen and oxygen atoms in total. The smallest absolute Gasteiger partial charge is 0.136 e. The van der Waals surface area contributed by atoms with E-state index >= 15 is 0 Å². The summed E-state index contributed by atoms with van der Waals surface area (Å²) in [6, 6.07) is -0.256. The van der Waals surface area contributed by atoms with E-state index in [1.807, 2.05) is 0 Å². The standard InChI is InChI=1S/C24H37NO7/c1-6-25-10-21-15(32-21)8-14(26)23-12-7-11-13(28-2)9-22(31-5,16(12)17(11)29-3)24(27,20(23)25)19(30-4)18(21)23/h11-20,26-27H,6-10H2,1-5H3/t11-,12-,13+,14+,15+,16-,17+,18-,19+,20+,21+,22-,23+,24-/m1/s1. The third-order valence-corrected chi connectivity index (χ3v) is 11.5. The Balaban J connectivity index is 1.56. The molecule has 0 aromatic carbocycles. The predicted octanol–water partition coefficient (Wildman–Crippen LogP) is 0.0398. The van der Waals surface area contributed by atoms with Gasteiger partial charge in [-0.1, -0.05) is 6.92 Å². The van der Waals surface area contributed by atoms with Gasteiger partial charge in [0.25, 0.3) is 0 Å². The number of epoxide rings is 1. The van der Waals surface area contributed by atoms with Gasteiger partial charge in [0, 0.05) is 71.0 Å². The van der Waals surface area contributed by atoms with Crippen LogP contribution in [0.4, 0.5) is 0 Å². The van der Waals surface area contributed by atoms with Crippen LogP contribution in [0.1, 0.15) is 26.2 Å². The van der Waals surface area contributed by atoms with Crippen molar-refractivity contribution in [2.75, 3.05) is 41.5 Å². The third kappa shape index (κ3) is 1.73. The highest BCUT2D eigenvalue weighted by Gasteiger charge is 2.95. The van der Waals surface area contributed by atoms with Crippen LogP contribution < -0.4 is 0 Å². The molecule has 2 spiro atoms. The fourth-order valence-corrected chi connectivity index (χ4v) is 11.0. The van der Waals surface area contributed by atoms with Crippen molar-refractivity contribution < 1.29 is 33.9 Å². The van der Waals surface area contributed by atoms with E-state index in [2.05, 4.69) is 11.8 Å². The van der Waals surface area contributed by atoms with Crippen LogP contribution in [0.2, 0.25) is 0 Å². The van der Waals surface area contributed by atoms with Gasteiger partial charge < -0.3 is 33.9 Å². The van der Waals surface area contributed by atoms with Crippen molar-refractivity contribution in [1.29, 1.82) is 0 Å². The van der Waals surface area contributed by atoms with Gasteiger partial charge in [-0.25, -0.2) is 0 Å². The molecule has 2 heterocycles. The number of aliphatic hydroxyl groups is 2. The summed E-state index contributed by atoms with van der Waals surface area (Å²) in [4.78, 5) is 2.38. The molecule has 0 amide bonds. The van der Waals surface area contributed by atoms with E-state index in [0.717, 1.165) is 19.5 Å². The second-order valence-electron chi connectivity index (χ2n) is 11.5. The Labute approximate surface area is 189 Å². The summed E-state index contributed by atoms with van der Waals surface area (Å²) in [5, 5.41) is 25.0. The lowest BCUT2D eigenvalue weighted by molar-refractivity contribution is -0.320. The average molecular weight is 452 g/mol. The van der Waals surface area contributed by atoms with Gasteiger partial charge in [0.05, 0.1) is 36.6 Å². The average Bonchev–Trinajstić information content (AvgIpc) is 3.31. The van der Waals surface area contributed by atoms with E-state index in [1.165, 1.54) is 0 Å². The second kappa shape index (κ2) is 6.08. The van der Waals surface area contributed by atoms with Crippen LogP contribution in [-0.2, 0) is 23.7 Å². The monoisotopic (exact) mass is 451 g/mol. The molecule has 7 aliphatic rings. The first-order valence-corrected chi connectivity index (χ1v) is 12.3. The van der Waals surface area contributed by atoms with E-state index in [4.69, 9.17) is 23.7 Å². The van der Waals surface area contributed by atoms with Crippen LogP contribution in [0.25, 0.3) is 0 Å². The minimum atomic E-state index is -1.31. The fourth-order valence-electron chi connectivity index (χ4n) is 11.0. The summed E-state index contributed by atoms with van der Waals surface area (Å²) in [5.74, 6) is 0.265. The summed E-state index contributed by atoms with van der Waals surface area (Å²) in [5.41, 5.74) is -3.07. The molecule has 7 bridgehead atoms. The first-order valence-electron chi connectivity index (χ1n) is 12.3. The molecular formula is C24H37NO7. The van der Waals surface area contributed by atoms with Gasteiger partial charge in [-0.05, 0) is 18.9 Å². The van der Waals surface area contributed by atoms with Crippen LogP contribution in [0.3, 0.4) is 0 Å². The molecule has 5 aliphatic carbocycles. The molecule has 0 aromatic rings. The first-order chi connectivity index (χ1) is 15.4. The number of rotatable bonds is 5. The van der Waals surface area contributed by atoms with Gasteiger partial charge in [-0.2, -0.15) is 0 Å². The fraction of sp³-hybridized carbons (Fsp3) is 1.00. The first kappa shape index (κ1) is 21.0. The van der Waals surface area contributed by atoms with Crippen LogP contribution in [-0.4, -0.2) is 110 Å². The Morgan fingerprint density at radius 2 is 1.88 bits per heavy atom. The van der Waals surface area contributed by atoms with Gasteiger partial charge in [-0.3, -0.25) is 4.90 Å². The maximum Gasteiger partial charge on any atom is 0.136 e. The molecule has 180 valence electrons. The Hall–Kier alpha value is -0.320. The highest BCUT2D eigenvalue weighted by atomic mass is 16.6. The molecule has 0 radical (unpaired) electrons. The molecule has 7 fully saturated rings. The summed E-state index contributed by atoms with van der Waals surface area (Å²) in [7, 11) is 6.95. The van der Waals surface area contributed by atoms with Crippen molar-refractivity contribution in [1.82, 2.24) is 4.90 Å². The zero-order valence-corrected chi connectivity index (χ0v) is 19.7. The van der Waals surface area contributed by atoms with Crippen molar-refractivity contribution in [3.63, 3.8) is 0 Å². The van der Waals surface area contributed by atoms with Gasteiger partial charge in [0.2, 0.25) is 0 Å². The van der Waals surface area contributed by atoms with Crippen LogP contribution >= 0.6 is 0 Å². The van der Waals surface area contributed by atoms with Crippen LogP contribution in [0, 0.1) is 29.1 Å². The van der Waals surface area contributed by atoms with Crippen LogP contribution in [0.5, 0.6) is 0 Å². The maximum atomic E-state index is 13.1. The largest absolute Gasteiger partial charge is 0.392 e. The summed E-state index contributed by atoms with van der Waals surface area (Å²) in [6.07, 6.45) is 0.967. The lowest BCUT2D eigenvalue weighted by Crippen LogP contribution is -2.82. The highest BCUT2D eigenvalue weighted by Crippen LogP contribution is 2.82. The van der Waals surface area contributed by atoms with Crippen molar-refractivity contribution in [3.05, 3.63) is 0 Å². The number of fused-ring (bicyclic) bond motifs is 2. The molecule has 0 unspecified atom stereocenters. The van der Waals surface area contributed by atoms with Crippen LogP contribution in [0.15, 0.2) is 0 Å². The number of likely N-dealkylation sites (tertiary alicyclic amines) is 1. The number of hydrogen-bond donors (Lipinski definition) is 2.